The van der Waals surface area contributed by atoms with E-state index in [1.165, 1.54) is 0 Å². The molecule has 3 rings (SSSR count). The van der Waals surface area contributed by atoms with E-state index in [1.807, 2.05) is 36.0 Å². The van der Waals surface area contributed by atoms with E-state index in [9.17, 15) is 9.59 Å². The average Bonchev–Trinajstić information content (AvgIpc) is 3.17. The Kier molecular flexibility index (Phi) is 6.47. The smallest absolute Gasteiger partial charge is 0.319 e. The molecule has 8 nitrogen and oxygen atoms in total. The lowest BCUT2D eigenvalue weighted by Crippen LogP contribution is -2.36. The maximum Gasteiger partial charge on any atom is 0.319 e. The monoisotopic (exact) mass is 393 g/mol. The molecule has 1 heterocycles. The topological polar surface area (TPSA) is 97.3 Å². The van der Waals surface area contributed by atoms with Crippen molar-refractivity contribution in [3.05, 3.63) is 66.5 Å². The molecule has 3 aromatic rings. The van der Waals surface area contributed by atoms with Crippen LogP contribution in [0.15, 0.2) is 60.9 Å². The van der Waals surface area contributed by atoms with Gasteiger partial charge >= 0.3 is 6.03 Å². The first-order chi connectivity index (χ1) is 14.1. The summed E-state index contributed by atoms with van der Waals surface area (Å²) in [4.78, 5) is 28.5. The molecular formula is C21H23N5O3. The SMILES string of the molecule is COc1cccc(C(=O)NCCNC(=O)Nc2cccc(-c3nccn3C)c2)c1. The number of amides is 3. The summed E-state index contributed by atoms with van der Waals surface area (Å²) in [6.45, 7) is 0.595. The number of aromatic nitrogens is 2. The number of benzene rings is 2. The van der Waals surface area contributed by atoms with Gasteiger partial charge in [-0.15, -0.1) is 0 Å². The first-order valence-electron chi connectivity index (χ1n) is 9.11. The molecule has 3 N–H and O–H groups in total. The zero-order chi connectivity index (χ0) is 20.6. The number of imidazole rings is 1. The first kappa shape index (κ1) is 19.9. The third kappa shape index (κ3) is 5.35. The maximum absolute atomic E-state index is 12.1. The summed E-state index contributed by atoms with van der Waals surface area (Å²) in [5.41, 5.74) is 2.06. The summed E-state index contributed by atoms with van der Waals surface area (Å²) in [7, 11) is 3.46. The van der Waals surface area contributed by atoms with Crippen LogP contribution in [0.25, 0.3) is 11.4 Å². The van der Waals surface area contributed by atoms with Crippen molar-refractivity contribution in [1.29, 1.82) is 0 Å². The number of carbonyl (C=O) groups excluding carboxylic acids is 2. The van der Waals surface area contributed by atoms with E-state index in [0.717, 1.165) is 11.4 Å². The Morgan fingerprint density at radius 3 is 2.62 bits per heavy atom. The third-order valence-electron chi connectivity index (χ3n) is 4.23. The van der Waals surface area contributed by atoms with Gasteiger partial charge in [-0.1, -0.05) is 18.2 Å². The van der Waals surface area contributed by atoms with Gasteiger partial charge in [0.2, 0.25) is 0 Å². The fourth-order valence-corrected chi connectivity index (χ4v) is 2.77. The summed E-state index contributed by atoms with van der Waals surface area (Å²) in [5.74, 6) is 1.20. The predicted octanol–water partition coefficient (Wildman–Crippen LogP) is 2.65. The number of nitrogens with one attached hydrogen (secondary N) is 3. The van der Waals surface area contributed by atoms with Crippen LogP contribution in [-0.2, 0) is 7.05 Å². The van der Waals surface area contributed by atoms with Gasteiger partial charge in [0.25, 0.3) is 5.91 Å². The van der Waals surface area contributed by atoms with Gasteiger partial charge in [0.05, 0.1) is 7.11 Å². The summed E-state index contributed by atoms with van der Waals surface area (Å²) in [5, 5.41) is 8.25. The van der Waals surface area contributed by atoms with Gasteiger partial charge in [-0.25, -0.2) is 9.78 Å². The van der Waals surface area contributed by atoms with Crippen LogP contribution in [0.3, 0.4) is 0 Å². The lowest BCUT2D eigenvalue weighted by atomic mass is 10.2. The van der Waals surface area contributed by atoms with Crippen molar-refractivity contribution in [2.75, 3.05) is 25.5 Å². The molecule has 0 bridgehead atoms. The zero-order valence-corrected chi connectivity index (χ0v) is 16.3. The Morgan fingerprint density at radius 2 is 1.86 bits per heavy atom. The number of ether oxygens (including phenoxy) is 1. The number of rotatable bonds is 7. The minimum absolute atomic E-state index is 0.228. The number of urea groups is 1. The molecule has 0 spiro atoms. The minimum atomic E-state index is -0.349. The fraction of sp³-hybridized carbons (Fsp3) is 0.190. The Morgan fingerprint density at radius 1 is 1.07 bits per heavy atom. The first-order valence-corrected chi connectivity index (χ1v) is 9.11. The van der Waals surface area contributed by atoms with E-state index in [4.69, 9.17) is 4.74 Å². The molecule has 0 unspecified atom stereocenters. The zero-order valence-electron chi connectivity index (χ0n) is 16.3. The maximum atomic E-state index is 12.1. The van der Waals surface area contributed by atoms with E-state index in [2.05, 4.69) is 20.9 Å². The Labute approximate surface area is 168 Å². The van der Waals surface area contributed by atoms with Crippen LogP contribution < -0.4 is 20.7 Å². The summed E-state index contributed by atoms with van der Waals surface area (Å²) in [6, 6.07) is 14.0. The van der Waals surface area contributed by atoms with Crippen LogP contribution in [0.4, 0.5) is 10.5 Å². The standard InChI is InChI=1S/C21H23N5O3/c1-26-12-11-22-19(26)15-5-3-7-17(13-15)25-21(28)24-10-9-23-20(27)16-6-4-8-18(14-16)29-2/h3-8,11-14H,9-10H2,1-2H3,(H,23,27)(H2,24,25,28). The Bertz CT molecular complexity index is 999. The molecular weight excluding hydrogens is 370 g/mol. The number of methoxy groups -OCH3 is 1. The molecule has 0 saturated carbocycles. The fourth-order valence-electron chi connectivity index (χ4n) is 2.77. The van der Waals surface area contributed by atoms with Crippen LogP contribution in [0, 0.1) is 0 Å². The minimum Gasteiger partial charge on any atom is -0.497 e. The summed E-state index contributed by atoms with van der Waals surface area (Å²) in [6.07, 6.45) is 3.59. The second kappa shape index (κ2) is 9.41. The second-order valence-electron chi connectivity index (χ2n) is 6.31. The van der Waals surface area contributed by atoms with E-state index < -0.39 is 0 Å². The normalized spacial score (nSPS) is 10.3. The lowest BCUT2D eigenvalue weighted by molar-refractivity contribution is 0.0953. The van der Waals surface area contributed by atoms with Gasteiger partial charge in [-0.05, 0) is 30.3 Å². The van der Waals surface area contributed by atoms with Crippen LogP contribution >= 0.6 is 0 Å². The number of carbonyl (C=O) groups is 2. The molecule has 2 aromatic carbocycles. The summed E-state index contributed by atoms with van der Waals surface area (Å²) >= 11 is 0. The Balaban J connectivity index is 1.46. The van der Waals surface area contributed by atoms with Gasteiger partial charge in [0.1, 0.15) is 11.6 Å². The van der Waals surface area contributed by atoms with Crippen LogP contribution in [0.1, 0.15) is 10.4 Å². The quantitative estimate of drug-likeness (QED) is 0.538. The molecule has 0 atom stereocenters. The molecule has 0 saturated heterocycles. The van der Waals surface area contributed by atoms with Crippen molar-refractivity contribution < 1.29 is 14.3 Å². The van der Waals surface area contributed by atoms with Crippen molar-refractivity contribution in [1.82, 2.24) is 20.2 Å². The average molecular weight is 393 g/mol. The molecule has 0 aliphatic rings. The van der Waals surface area contributed by atoms with Crippen molar-refractivity contribution >= 4 is 17.6 Å². The number of hydrogen-bond donors (Lipinski definition) is 3. The van der Waals surface area contributed by atoms with Gasteiger partial charge in [-0.3, -0.25) is 4.79 Å². The highest BCUT2D eigenvalue weighted by Gasteiger charge is 2.08. The number of hydrogen-bond acceptors (Lipinski definition) is 4. The van der Waals surface area contributed by atoms with E-state index in [1.54, 1.807) is 43.6 Å². The highest BCUT2D eigenvalue weighted by atomic mass is 16.5. The molecule has 3 amide bonds. The van der Waals surface area contributed by atoms with Gasteiger partial charge in [0, 0.05) is 49.3 Å². The highest BCUT2D eigenvalue weighted by molar-refractivity contribution is 5.94. The van der Waals surface area contributed by atoms with Crippen LogP contribution in [-0.4, -0.2) is 41.7 Å². The third-order valence-corrected chi connectivity index (χ3v) is 4.23. The molecule has 8 heteroatoms. The number of aryl methyl sites for hydroxylation is 1. The molecule has 0 radical (unpaired) electrons. The van der Waals surface area contributed by atoms with E-state index in [0.29, 0.717) is 30.1 Å². The molecule has 0 aliphatic carbocycles. The van der Waals surface area contributed by atoms with Gasteiger partial charge in [-0.2, -0.15) is 0 Å². The molecule has 150 valence electrons. The number of nitrogens with zero attached hydrogens (tertiary/aromatic N) is 2. The van der Waals surface area contributed by atoms with E-state index in [-0.39, 0.29) is 11.9 Å². The molecule has 1 aromatic heterocycles. The van der Waals surface area contributed by atoms with Crippen molar-refractivity contribution in [2.45, 2.75) is 0 Å². The predicted molar refractivity (Wildman–Crippen MR) is 111 cm³/mol. The molecule has 0 aliphatic heterocycles. The van der Waals surface area contributed by atoms with Crippen molar-refractivity contribution in [3.63, 3.8) is 0 Å². The van der Waals surface area contributed by atoms with Crippen molar-refractivity contribution in [3.8, 4) is 17.1 Å². The van der Waals surface area contributed by atoms with E-state index >= 15 is 0 Å². The van der Waals surface area contributed by atoms with Crippen molar-refractivity contribution in [2.24, 2.45) is 7.05 Å². The van der Waals surface area contributed by atoms with Crippen LogP contribution in [0.5, 0.6) is 5.75 Å². The molecule has 29 heavy (non-hydrogen) atoms. The lowest BCUT2D eigenvalue weighted by Gasteiger charge is -2.10. The van der Waals surface area contributed by atoms with Gasteiger partial charge < -0.3 is 25.3 Å². The highest BCUT2D eigenvalue weighted by Crippen LogP contribution is 2.20. The largest absolute Gasteiger partial charge is 0.497 e. The molecule has 0 fully saturated rings. The Hall–Kier alpha value is -3.81. The number of anilines is 1. The summed E-state index contributed by atoms with van der Waals surface area (Å²) < 4.78 is 7.01. The second-order valence-corrected chi connectivity index (χ2v) is 6.31. The van der Waals surface area contributed by atoms with Gasteiger partial charge in [0.15, 0.2) is 0 Å². The van der Waals surface area contributed by atoms with Crippen LogP contribution in [0.2, 0.25) is 0 Å².